The van der Waals surface area contributed by atoms with E-state index in [9.17, 15) is 17.2 Å². The molecule has 1 atom stereocenters. The van der Waals surface area contributed by atoms with Gasteiger partial charge in [0.25, 0.3) is 0 Å². The van der Waals surface area contributed by atoms with Crippen LogP contribution in [0.5, 0.6) is 0 Å². The fourth-order valence-electron chi connectivity index (χ4n) is 1.75. The highest BCUT2D eigenvalue weighted by molar-refractivity contribution is 7.91. The Morgan fingerprint density at radius 3 is 2.32 bits per heavy atom. The third-order valence-corrected chi connectivity index (χ3v) is 4.69. The van der Waals surface area contributed by atoms with E-state index in [4.69, 9.17) is 0 Å². The van der Waals surface area contributed by atoms with Crippen molar-refractivity contribution in [2.45, 2.75) is 31.7 Å². The van der Waals surface area contributed by atoms with E-state index in [1.807, 2.05) is 20.8 Å². The Hall–Kier alpha value is -1.01. The molecular weight excluding hydrogens is 272 g/mol. The van der Waals surface area contributed by atoms with E-state index in [-0.39, 0.29) is 22.6 Å². The summed E-state index contributed by atoms with van der Waals surface area (Å²) in [6.45, 7) is 6.36. The van der Waals surface area contributed by atoms with Gasteiger partial charge in [0.05, 0.1) is 10.6 Å². The first-order chi connectivity index (χ1) is 8.77. The third kappa shape index (κ3) is 4.24. The average molecular weight is 291 g/mol. The summed E-state index contributed by atoms with van der Waals surface area (Å²) < 4.78 is 50.2. The number of benzene rings is 1. The van der Waals surface area contributed by atoms with Gasteiger partial charge in [0.15, 0.2) is 21.5 Å². The highest BCUT2D eigenvalue weighted by atomic mass is 32.2. The SMILES string of the molecule is CCNC(CS(=O)(=O)c1ccc(F)c(F)c1)C(C)C. The van der Waals surface area contributed by atoms with E-state index < -0.39 is 21.5 Å². The van der Waals surface area contributed by atoms with Gasteiger partial charge in [-0.25, -0.2) is 17.2 Å². The van der Waals surface area contributed by atoms with Crippen molar-refractivity contribution in [3.05, 3.63) is 29.8 Å². The van der Waals surface area contributed by atoms with Crippen LogP contribution in [0.2, 0.25) is 0 Å². The first kappa shape index (κ1) is 16.0. The molecule has 108 valence electrons. The van der Waals surface area contributed by atoms with Crippen LogP contribution in [0.4, 0.5) is 8.78 Å². The molecule has 0 saturated heterocycles. The fourth-order valence-corrected chi connectivity index (χ4v) is 3.48. The zero-order valence-electron chi connectivity index (χ0n) is 11.3. The average Bonchev–Trinajstić information content (AvgIpc) is 2.31. The molecule has 0 radical (unpaired) electrons. The van der Waals surface area contributed by atoms with Gasteiger partial charge in [-0.3, -0.25) is 0 Å². The number of halogens is 2. The fraction of sp³-hybridized carbons (Fsp3) is 0.538. The topological polar surface area (TPSA) is 46.2 Å². The Morgan fingerprint density at radius 1 is 1.21 bits per heavy atom. The lowest BCUT2D eigenvalue weighted by Crippen LogP contribution is -2.39. The minimum absolute atomic E-state index is 0.125. The van der Waals surface area contributed by atoms with Gasteiger partial charge in [-0.15, -0.1) is 0 Å². The van der Waals surface area contributed by atoms with E-state index in [0.29, 0.717) is 6.54 Å². The van der Waals surface area contributed by atoms with Crippen LogP contribution in [0.3, 0.4) is 0 Å². The molecule has 0 saturated carbocycles. The molecule has 1 aromatic carbocycles. The van der Waals surface area contributed by atoms with Crippen molar-refractivity contribution < 1.29 is 17.2 Å². The molecule has 0 aliphatic carbocycles. The Labute approximate surface area is 112 Å². The summed E-state index contributed by atoms with van der Waals surface area (Å²) in [4.78, 5) is -0.185. The van der Waals surface area contributed by atoms with Gasteiger partial charge < -0.3 is 5.32 Å². The Bertz CT molecular complexity index is 529. The van der Waals surface area contributed by atoms with E-state index in [2.05, 4.69) is 5.32 Å². The van der Waals surface area contributed by atoms with Crippen molar-refractivity contribution in [3.8, 4) is 0 Å². The summed E-state index contributed by atoms with van der Waals surface area (Å²) in [7, 11) is -3.64. The summed E-state index contributed by atoms with van der Waals surface area (Å²) in [5.74, 6) is -2.21. The quantitative estimate of drug-likeness (QED) is 0.819. The van der Waals surface area contributed by atoms with Crippen LogP contribution >= 0.6 is 0 Å². The lowest BCUT2D eigenvalue weighted by Gasteiger charge is -2.21. The Balaban J connectivity index is 2.99. The maximum absolute atomic E-state index is 13.1. The zero-order chi connectivity index (χ0) is 14.6. The lowest BCUT2D eigenvalue weighted by atomic mass is 10.1. The van der Waals surface area contributed by atoms with Crippen LogP contribution in [-0.2, 0) is 9.84 Å². The molecule has 1 N–H and O–H groups in total. The molecule has 0 aliphatic heterocycles. The molecule has 1 rings (SSSR count). The van der Waals surface area contributed by atoms with Gasteiger partial charge in [-0.2, -0.15) is 0 Å². The molecule has 1 unspecified atom stereocenters. The minimum Gasteiger partial charge on any atom is -0.313 e. The molecule has 0 amide bonds. The normalized spacial score (nSPS) is 13.8. The van der Waals surface area contributed by atoms with Gasteiger partial charge in [0.1, 0.15) is 0 Å². The van der Waals surface area contributed by atoms with Crippen molar-refractivity contribution in [3.63, 3.8) is 0 Å². The summed E-state index contributed by atoms with van der Waals surface area (Å²) in [5.41, 5.74) is 0. The predicted molar refractivity (Wildman–Crippen MR) is 70.7 cm³/mol. The highest BCUT2D eigenvalue weighted by Gasteiger charge is 2.23. The molecule has 0 spiro atoms. The van der Waals surface area contributed by atoms with Gasteiger partial charge in [0, 0.05) is 6.04 Å². The molecule has 0 aromatic heterocycles. The third-order valence-electron chi connectivity index (χ3n) is 2.92. The molecule has 0 bridgehead atoms. The van der Waals surface area contributed by atoms with E-state index in [0.717, 1.165) is 18.2 Å². The molecule has 1 aromatic rings. The smallest absolute Gasteiger partial charge is 0.180 e. The molecule has 0 fully saturated rings. The van der Waals surface area contributed by atoms with Crippen LogP contribution in [0.1, 0.15) is 20.8 Å². The Morgan fingerprint density at radius 2 is 1.84 bits per heavy atom. The van der Waals surface area contributed by atoms with E-state index in [1.54, 1.807) is 0 Å². The molecular formula is C13H19F2NO2S. The van der Waals surface area contributed by atoms with Crippen molar-refractivity contribution in [1.82, 2.24) is 5.32 Å². The number of rotatable bonds is 6. The number of nitrogens with one attached hydrogen (secondary N) is 1. The van der Waals surface area contributed by atoms with Crippen LogP contribution < -0.4 is 5.32 Å². The first-order valence-corrected chi connectivity index (χ1v) is 7.84. The summed E-state index contributed by atoms with van der Waals surface area (Å²) >= 11 is 0. The summed E-state index contributed by atoms with van der Waals surface area (Å²) in [5, 5.41) is 3.09. The second-order valence-electron chi connectivity index (χ2n) is 4.77. The van der Waals surface area contributed by atoms with E-state index >= 15 is 0 Å². The minimum atomic E-state index is -3.64. The largest absolute Gasteiger partial charge is 0.313 e. The van der Waals surface area contributed by atoms with Crippen molar-refractivity contribution >= 4 is 9.84 Å². The van der Waals surface area contributed by atoms with Gasteiger partial charge in [-0.05, 0) is 30.7 Å². The van der Waals surface area contributed by atoms with Gasteiger partial charge in [-0.1, -0.05) is 20.8 Å². The van der Waals surface area contributed by atoms with Crippen molar-refractivity contribution in [1.29, 1.82) is 0 Å². The van der Waals surface area contributed by atoms with Gasteiger partial charge >= 0.3 is 0 Å². The molecule has 3 nitrogen and oxygen atoms in total. The maximum Gasteiger partial charge on any atom is 0.180 e. The highest BCUT2D eigenvalue weighted by Crippen LogP contribution is 2.17. The van der Waals surface area contributed by atoms with Crippen molar-refractivity contribution in [2.24, 2.45) is 5.92 Å². The van der Waals surface area contributed by atoms with Crippen LogP contribution in [-0.4, -0.2) is 26.8 Å². The predicted octanol–water partition coefficient (Wildman–Crippen LogP) is 2.37. The maximum atomic E-state index is 13.1. The van der Waals surface area contributed by atoms with Crippen LogP contribution in [0, 0.1) is 17.6 Å². The monoisotopic (exact) mass is 291 g/mol. The van der Waals surface area contributed by atoms with Crippen LogP contribution in [0.15, 0.2) is 23.1 Å². The first-order valence-electron chi connectivity index (χ1n) is 6.19. The molecule has 0 heterocycles. The summed E-state index contributed by atoms with van der Waals surface area (Å²) in [6, 6.07) is 2.44. The second-order valence-corrected chi connectivity index (χ2v) is 6.80. The molecule has 19 heavy (non-hydrogen) atoms. The summed E-state index contributed by atoms with van der Waals surface area (Å²) in [6.07, 6.45) is 0. The molecule has 0 aliphatic rings. The number of sulfone groups is 1. The molecule has 6 heteroatoms. The lowest BCUT2D eigenvalue weighted by molar-refractivity contribution is 0.434. The number of hydrogen-bond acceptors (Lipinski definition) is 3. The van der Waals surface area contributed by atoms with Gasteiger partial charge in [0.2, 0.25) is 0 Å². The zero-order valence-corrected chi connectivity index (χ0v) is 12.1. The number of hydrogen-bond donors (Lipinski definition) is 1. The second kappa shape index (κ2) is 6.43. The standard InChI is InChI=1S/C13H19F2NO2S/c1-4-16-13(9(2)3)8-19(17,18)10-5-6-11(14)12(15)7-10/h5-7,9,13,16H,4,8H2,1-3H3. The Kier molecular flexibility index (Phi) is 5.43. The van der Waals surface area contributed by atoms with E-state index in [1.165, 1.54) is 0 Å². The van der Waals surface area contributed by atoms with Crippen LogP contribution in [0.25, 0.3) is 0 Å². The van der Waals surface area contributed by atoms with Crippen molar-refractivity contribution in [2.75, 3.05) is 12.3 Å².